The van der Waals surface area contributed by atoms with Crippen molar-refractivity contribution in [1.29, 1.82) is 0 Å². The standard InChI is InChI=1S/C22H31NO2/c1-18(2)14-23-16-22(3,4)17-25-21-12-10-20(11-13-21)24-15-19-8-6-5-7-9-19/h5-13,18,23H,14-17H2,1-4H3. The van der Waals surface area contributed by atoms with Gasteiger partial charge in [-0.3, -0.25) is 0 Å². The Hall–Kier alpha value is -2.00. The van der Waals surface area contributed by atoms with E-state index in [1.165, 1.54) is 5.56 Å². The molecule has 0 saturated carbocycles. The summed E-state index contributed by atoms with van der Waals surface area (Å²) in [6.07, 6.45) is 0. The molecule has 0 heterocycles. The van der Waals surface area contributed by atoms with Crippen LogP contribution < -0.4 is 14.8 Å². The fourth-order valence-corrected chi connectivity index (χ4v) is 2.40. The van der Waals surface area contributed by atoms with Gasteiger partial charge in [0.15, 0.2) is 0 Å². The summed E-state index contributed by atoms with van der Waals surface area (Å²) in [4.78, 5) is 0. The van der Waals surface area contributed by atoms with Gasteiger partial charge in [-0.15, -0.1) is 0 Å². The molecule has 0 aliphatic heterocycles. The molecule has 0 bridgehead atoms. The smallest absolute Gasteiger partial charge is 0.120 e. The molecule has 2 aromatic rings. The maximum atomic E-state index is 5.95. The predicted molar refractivity (Wildman–Crippen MR) is 104 cm³/mol. The number of benzene rings is 2. The van der Waals surface area contributed by atoms with Gasteiger partial charge in [0.2, 0.25) is 0 Å². The highest BCUT2D eigenvalue weighted by Crippen LogP contribution is 2.21. The van der Waals surface area contributed by atoms with Gasteiger partial charge < -0.3 is 14.8 Å². The first kappa shape index (κ1) is 19.3. The third kappa shape index (κ3) is 7.61. The van der Waals surface area contributed by atoms with Crippen LogP contribution in [-0.4, -0.2) is 19.7 Å². The molecule has 0 spiro atoms. The maximum Gasteiger partial charge on any atom is 0.120 e. The summed E-state index contributed by atoms with van der Waals surface area (Å²) in [7, 11) is 0. The molecule has 136 valence electrons. The molecule has 2 aromatic carbocycles. The summed E-state index contributed by atoms with van der Waals surface area (Å²) in [5.74, 6) is 2.40. The summed E-state index contributed by atoms with van der Waals surface area (Å²) < 4.78 is 11.8. The minimum Gasteiger partial charge on any atom is -0.493 e. The van der Waals surface area contributed by atoms with E-state index in [4.69, 9.17) is 9.47 Å². The second kappa shape index (κ2) is 9.47. The zero-order chi connectivity index (χ0) is 18.1. The minimum absolute atomic E-state index is 0.0946. The largest absolute Gasteiger partial charge is 0.493 e. The van der Waals surface area contributed by atoms with Gasteiger partial charge in [-0.25, -0.2) is 0 Å². The number of ether oxygens (including phenoxy) is 2. The molecule has 0 amide bonds. The molecule has 25 heavy (non-hydrogen) atoms. The Balaban J connectivity index is 1.76. The van der Waals surface area contributed by atoms with Crippen molar-refractivity contribution < 1.29 is 9.47 Å². The minimum atomic E-state index is 0.0946. The van der Waals surface area contributed by atoms with Crippen molar-refractivity contribution in [3.05, 3.63) is 60.2 Å². The summed E-state index contributed by atoms with van der Waals surface area (Å²) in [6.45, 7) is 12.1. The van der Waals surface area contributed by atoms with Crippen LogP contribution in [0.1, 0.15) is 33.3 Å². The lowest BCUT2D eigenvalue weighted by molar-refractivity contribution is 0.175. The Morgan fingerprint density at radius 1 is 0.880 bits per heavy atom. The fourth-order valence-electron chi connectivity index (χ4n) is 2.40. The molecule has 0 radical (unpaired) electrons. The lowest BCUT2D eigenvalue weighted by atomic mass is 9.94. The topological polar surface area (TPSA) is 30.5 Å². The van der Waals surface area contributed by atoms with E-state index in [0.717, 1.165) is 24.6 Å². The van der Waals surface area contributed by atoms with Crippen molar-refractivity contribution in [2.24, 2.45) is 11.3 Å². The van der Waals surface area contributed by atoms with Crippen molar-refractivity contribution in [3.8, 4) is 11.5 Å². The van der Waals surface area contributed by atoms with Gasteiger partial charge in [-0.05, 0) is 42.3 Å². The van der Waals surface area contributed by atoms with Gasteiger partial charge in [0, 0.05) is 12.0 Å². The third-order valence-corrected chi connectivity index (χ3v) is 3.86. The quantitative estimate of drug-likeness (QED) is 0.665. The van der Waals surface area contributed by atoms with Crippen LogP contribution in [0.2, 0.25) is 0 Å². The molecule has 0 aliphatic rings. The summed E-state index contributed by atoms with van der Waals surface area (Å²) >= 11 is 0. The van der Waals surface area contributed by atoms with Crippen LogP contribution in [0.4, 0.5) is 0 Å². The first-order chi connectivity index (χ1) is 11.9. The van der Waals surface area contributed by atoms with E-state index < -0.39 is 0 Å². The number of hydrogen-bond donors (Lipinski definition) is 1. The summed E-state index contributed by atoms with van der Waals surface area (Å²) in [5, 5.41) is 3.50. The van der Waals surface area contributed by atoms with Gasteiger partial charge in [0.25, 0.3) is 0 Å². The second-order valence-electron chi connectivity index (χ2n) is 7.72. The molecule has 3 heteroatoms. The van der Waals surface area contributed by atoms with E-state index in [0.29, 0.717) is 19.1 Å². The second-order valence-corrected chi connectivity index (χ2v) is 7.72. The van der Waals surface area contributed by atoms with Crippen molar-refractivity contribution in [3.63, 3.8) is 0 Å². The van der Waals surface area contributed by atoms with Crippen LogP contribution in [0.25, 0.3) is 0 Å². The number of rotatable bonds is 10. The van der Waals surface area contributed by atoms with Crippen LogP contribution in [0.5, 0.6) is 11.5 Å². The number of hydrogen-bond acceptors (Lipinski definition) is 3. The van der Waals surface area contributed by atoms with Gasteiger partial charge in [-0.1, -0.05) is 58.0 Å². The maximum absolute atomic E-state index is 5.95. The van der Waals surface area contributed by atoms with Crippen LogP contribution >= 0.6 is 0 Å². The van der Waals surface area contributed by atoms with Gasteiger partial charge in [-0.2, -0.15) is 0 Å². The predicted octanol–water partition coefficient (Wildman–Crippen LogP) is 4.92. The summed E-state index contributed by atoms with van der Waals surface area (Å²) in [5.41, 5.74) is 1.26. The zero-order valence-electron chi connectivity index (χ0n) is 15.9. The summed E-state index contributed by atoms with van der Waals surface area (Å²) in [6, 6.07) is 18.0. The van der Waals surface area contributed by atoms with E-state index >= 15 is 0 Å². The van der Waals surface area contributed by atoms with Crippen LogP contribution in [0.3, 0.4) is 0 Å². The molecule has 0 saturated heterocycles. The SMILES string of the molecule is CC(C)CNCC(C)(C)COc1ccc(OCc2ccccc2)cc1. The fraction of sp³-hybridized carbons (Fsp3) is 0.455. The van der Waals surface area contributed by atoms with E-state index in [1.54, 1.807) is 0 Å². The van der Waals surface area contributed by atoms with Crippen LogP contribution in [-0.2, 0) is 6.61 Å². The molecule has 0 aliphatic carbocycles. The normalized spacial score (nSPS) is 11.6. The van der Waals surface area contributed by atoms with Crippen molar-refractivity contribution in [1.82, 2.24) is 5.32 Å². The molecular weight excluding hydrogens is 310 g/mol. The first-order valence-electron chi connectivity index (χ1n) is 9.05. The average Bonchev–Trinajstić information content (AvgIpc) is 2.59. The molecule has 1 N–H and O–H groups in total. The van der Waals surface area contributed by atoms with Gasteiger partial charge in [0.05, 0.1) is 6.61 Å². The highest BCUT2D eigenvalue weighted by molar-refractivity contribution is 5.31. The Bertz CT molecular complexity index is 606. The molecule has 2 rings (SSSR count). The highest BCUT2D eigenvalue weighted by atomic mass is 16.5. The Kier molecular flexibility index (Phi) is 7.32. The monoisotopic (exact) mass is 341 g/mol. The third-order valence-electron chi connectivity index (χ3n) is 3.86. The lowest BCUT2D eigenvalue weighted by Crippen LogP contribution is -2.35. The van der Waals surface area contributed by atoms with Gasteiger partial charge in [0.1, 0.15) is 18.1 Å². The molecule has 0 aromatic heterocycles. The molecule has 3 nitrogen and oxygen atoms in total. The zero-order valence-corrected chi connectivity index (χ0v) is 15.9. The van der Waals surface area contributed by atoms with E-state index in [2.05, 4.69) is 45.1 Å². The van der Waals surface area contributed by atoms with Crippen molar-refractivity contribution in [2.75, 3.05) is 19.7 Å². The molecular formula is C22H31NO2. The number of nitrogens with one attached hydrogen (secondary N) is 1. The molecule has 0 atom stereocenters. The highest BCUT2D eigenvalue weighted by Gasteiger charge is 2.18. The van der Waals surface area contributed by atoms with Crippen LogP contribution in [0.15, 0.2) is 54.6 Å². The first-order valence-corrected chi connectivity index (χ1v) is 9.05. The molecule has 0 unspecified atom stereocenters. The van der Waals surface area contributed by atoms with E-state index in [9.17, 15) is 0 Å². The Morgan fingerprint density at radius 3 is 2.08 bits per heavy atom. The average molecular weight is 341 g/mol. The Morgan fingerprint density at radius 2 is 1.48 bits per heavy atom. The Labute approximate surface area is 152 Å². The van der Waals surface area contributed by atoms with Gasteiger partial charge >= 0.3 is 0 Å². The lowest BCUT2D eigenvalue weighted by Gasteiger charge is -2.25. The van der Waals surface area contributed by atoms with Crippen LogP contribution in [0, 0.1) is 11.3 Å². The van der Waals surface area contributed by atoms with E-state index in [-0.39, 0.29) is 5.41 Å². The molecule has 0 fully saturated rings. The van der Waals surface area contributed by atoms with Crippen molar-refractivity contribution in [2.45, 2.75) is 34.3 Å². The van der Waals surface area contributed by atoms with Crippen molar-refractivity contribution >= 4 is 0 Å². The van der Waals surface area contributed by atoms with E-state index in [1.807, 2.05) is 42.5 Å².